The fourth-order valence-corrected chi connectivity index (χ4v) is 3.00. The zero-order valence-electron chi connectivity index (χ0n) is 11.8. The minimum absolute atomic E-state index is 0.275. The average Bonchev–Trinajstić information content (AvgIpc) is 2.87. The summed E-state index contributed by atoms with van der Waals surface area (Å²) < 4.78 is 2.19. The number of rotatable bonds is 5. The molecule has 102 valence electrons. The molecule has 2 rings (SSSR count). The van der Waals surface area contributed by atoms with Crippen LogP contribution in [0.1, 0.15) is 64.0 Å². The molecule has 0 amide bonds. The molecule has 1 aromatic heterocycles. The van der Waals surface area contributed by atoms with Crippen molar-refractivity contribution >= 4 is 0 Å². The second-order valence-electron chi connectivity index (χ2n) is 5.80. The molecule has 0 radical (unpaired) electrons. The first-order valence-corrected chi connectivity index (χ1v) is 7.51. The number of hydrogen-bond donors (Lipinski definition) is 1. The maximum Gasteiger partial charge on any atom is 0.0522 e. The maximum absolute atomic E-state index is 6.00. The Hall–Kier alpha value is -0.830. The van der Waals surface area contributed by atoms with Gasteiger partial charge in [0.05, 0.1) is 12.2 Å². The van der Waals surface area contributed by atoms with Gasteiger partial charge in [-0.25, -0.2) is 0 Å². The molecular formula is C15H27N3. The fourth-order valence-electron chi connectivity index (χ4n) is 3.00. The van der Waals surface area contributed by atoms with E-state index in [0.717, 1.165) is 18.8 Å². The lowest BCUT2D eigenvalue weighted by Crippen LogP contribution is -2.21. The Balaban J connectivity index is 1.96. The summed E-state index contributed by atoms with van der Waals surface area (Å²) in [5, 5.41) is 4.56. The lowest BCUT2D eigenvalue weighted by atomic mass is 9.84. The van der Waals surface area contributed by atoms with Gasteiger partial charge in [-0.05, 0) is 37.2 Å². The van der Waals surface area contributed by atoms with Crippen LogP contribution in [0, 0.1) is 5.92 Å². The summed E-state index contributed by atoms with van der Waals surface area (Å²) in [4.78, 5) is 0. The first kappa shape index (κ1) is 13.6. The first-order chi connectivity index (χ1) is 8.72. The molecule has 3 heteroatoms. The van der Waals surface area contributed by atoms with Crippen molar-refractivity contribution in [3.8, 4) is 0 Å². The highest BCUT2D eigenvalue weighted by molar-refractivity contribution is 5.06. The van der Waals surface area contributed by atoms with Crippen molar-refractivity contribution < 1.29 is 0 Å². The summed E-state index contributed by atoms with van der Waals surface area (Å²) in [5.41, 5.74) is 7.29. The van der Waals surface area contributed by atoms with Crippen LogP contribution in [-0.2, 0) is 6.42 Å². The van der Waals surface area contributed by atoms with Gasteiger partial charge in [0.25, 0.3) is 0 Å². The molecule has 1 fully saturated rings. The van der Waals surface area contributed by atoms with Crippen molar-refractivity contribution in [2.24, 2.45) is 11.7 Å². The number of nitrogens with two attached hydrogens (primary N) is 1. The quantitative estimate of drug-likeness (QED) is 0.870. The minimum Gasteiger partial charge on any atom is -0.327 e. The van der Waals surface area contributed by atoms with E-state index in [2.05, 4.69) is 29.8 Å². The molecule has 0 bridgehead atoms. The smallest absolute Gasteiger partial charge is 0.0522 e. The van der Waals surface area contributed by atoms with Crippen LogP contribution in [0.5, 0.6) is 0 Å². The minimum atomic E-state index is 0.275. The first-order valence-electron chi connectivity index (χ1n) is 7.51. The van der Waals surface area contributed by atoms with Gasteiger partial charge >= 0.3 is 0 Å². The predicted octanol–water partition coefficient (Wildman–Crippen LogP) is 3.30. The summed E-state index contributed by atoms with van der Waals surface area (Å²) in [7, 11) is 0. The maximum atomic E-state index is 6.00. The number of aromatic nitrogens is 2. The van der Waals surface area contributed by atoms with Crippen molar-refractivity contribution in [3.63, 3.8) is 0 Å². The molecule has 18 heavy (non-hydrogen) atoms. The van der Waals surface area contributed by atoms with Gasteiger partial charge < -0.3 is 5.73 Å². The van der Waals surface area contributed by atoms with Crippen LogP contribution in [0.4, 0.5) is 0 Å². The van der Waals surface area contributed by atoms with Gasteiger partial charge in [-0.2, -0.15) is 5.10 Å². The van der Waals surface area contributed by atoms with Crippen LogP contribution >= 0.6 is 0 Å². The Morgan fingerprint density at radius 2 is 2.28 bits per heavy atom. The molecule has 3 atom stereocenters. The van der Waals surface area contributed by atoms with E-state index >= 15 is 0 Å². The van der Waals surface area contributed by atoms with Crippen LogP contribution in [0.25, 0.3) is 0 Å². The van der Waals surface area contributed by atoms with Gasteiger partial charge in [0.2, 0.25) is 0 Å². The summed E-state index contributed by atoms with van der Waals surface area (Å²) in [6.07, 6.45) is 12.9. The third-order valence-corrected chi connectivity index (χ3v) is 4.38. The highest BCUT2D eigenvalue weighted by atomic mass is 15.3. The van der Waals surface area contributed by atoms with Crippen LogP contribution < -0.4 is 5.73 Å². The van der Waals surface area contributed by atoms with Crippen molar-refractivity contribution in [1.82, 2.24) is 9.78 Å². The van der Waals surface area contributed by atoms with Crippen LogP contribution in [0.3, 0.4) is 0 Å². The van der Waals surface area contributed by atoms with E-state index in [1.807, 2.05) is 6.20 Å². The molecule has 0 spiro atoms. The van der Waals surface area contributed by atoms with E-state index in [0.29, 0.717) is 6.04 Å². The zero-order valence-corrected chi connectivity index (χ0v) is 11.8. The van der Waals surface area contributed by atoms with E-state index < -0.39 is 0 Å². The normalized spacial score (nSPS) is 26.2. The summed E-state index contributed by atoms with van der Waals surface area (Å²) in [5.74, 6) is 0.897. The SMILES string of the molecule is CCC(N)Cc1cnn(C2CCCC(CC)C2)c1. The molecule has 1 aliphatic carbocycles. The third-order valence-electron chi connectivity index (χ3n) is 4.38. The van der Waals surface area contributed by atoms with Gasteiger partial charge in [-0.1, -0.05) is 33.1 Å². The molecule has 1 saturated carbocycles. The van der Waals surface area contributed by atoms with Gasteiger partial charge in [0.15, 0.2) is 0 Å². The van der Waals surface area contributed by atoms with Gasteiger partial charge in [0, 0.05) is 12.2 Å². The number of hydrogen-bond acceptors (Lipinski definition) is 2. The summed E-state index contributed by atoms with van der Waals surface area (Å²) in [6, 6.07) is 0.896. The van der Waals surface area contributed by atoms with E-state index in [1.54, 1.807) is 0 Å². The molecular weight excluding hydrogens is 222 g/mol. The van der Waals surface area contributed by atoms with Crippen molar-refractivity contribution in [2.45, 2.75) is 70.9 Å². The monoisotopic (exact) mass is 249 g/mol. The Kier molecular flexibility index (Phi) is 4.81. The van der Waals surface area contributed by atoms with Gasteiger partial charge in [-0.3, -0.25) is 4.68 Å². The molecule has 3 unspecified atom stereocenters. The highest BCUT2D eigenvalue weighted by Crippen LogP contribution is 2.33. The Bertz CT molecular complexity index is 358. The largest absolute Gasteiger partial charge is 0.327 e. The molecule has 1 aromatic rings. The van der Waals surface area contributed by atoms with E-state index in [4.69, 9.17) is 5.73 Å². The van der Waals surface area contributed by atoms with Crippen LogP contribution in [-0.4, -0.2) is 15.8 Å². The third kappa shape index (κ3) is 3.35. The zero-order chi connectivity index (χ0) is 13.0. The molecule has 0 aliphatic heterocycles. The van der Waals surface area contributed by atoms with Crippen LogP contribution in [0.2, 0.25) is 0 Å². The molecule has 1 aliphatic rings. The second kappa shape index (κ2) is 6.37. The molecule has 2 N–H and O–H groups in total. The number of nitrogens with zero attached hydrogens (tertiary/aromatic N) is 2. The highest BCUT2D eigenvalue weighted by Gasteiger charge is 2.22. The lowest BCUT2D eigenvalue weighted by Gasteiger charge is -2.28. The average molecular weight is 249 g/mol. The van der Waals surface area contributed by atoms with Crippen molar-refractivity contribution in [3.05, 3.63) is 18.0 Å². The van der Waals surface area contributed by atoms with E-state index in [-0.39, 0.29) is 6.04 Å². The van der Waals surface area contributed by atoms with Crippen molar-refractivity contribution in [1.29, 1.82) is 0 Å². The summed E-state index contributed by atoms with van der Waals surface area (Å²) in [6.45, 7) is 4.45. The van der Waals surface area contributed by atoms with E-state index in [9.17, 15) is 0 Å². The van der Waals surface area contributed by atoms with Crippen LogP contribution in [0.15, 0.2) is 12.4 Å². The predicted molar refractivity (Wildman–Crippen MR) is 75.5 cm³/mol. The van der Waals surface area contributed by atoms with Gasteiger partial charge in [0.1, 0.15) is 0 Å². The second-order valence-corrected chi connectivity index (χ2v) is 5.80. The topological polar surface area (TPSA) is 43.8 Å². The summed E-state index contributed by atoms with van der Waals surface area (Å²) >= 11 is 0. The van der Waals surface area contributed by atoms with E-state index in [1.165, 1.54) is 37.7 Å². The standard InChI is InChI=1S/C15H27N3/c1-3-12-6-5-7-15(9-12)18-11-13(10-17-18)8-14(16)4-2/h10-12,14-15H,3-9,16H2,1-2H3. The van der Waals surface area contributed by atoms with Crippen molar-refractivity contribution in [2.75, 3.05) is 0 Å². The molecule has 0 aromatic carbocycles. The van der Waals surface area contributed by atoms with Gasteiger partial charge in [-0.15, -0.1) is 0 Å². The Morgan fingerprint density at radius 3 is 3.00 bits per heavy atom. The Morgan fingerprint density at radius 1 is 1.44 bits per heavy atom. The fraction of sp³-hybridized carbons (Fsp3) is 0.800. The molecule has 0 saturated heterocycles. The molecule has 1 heterocycles. The lowest BCUT2D eigenvalue weighted by molar-refractivity contribution is 0.247. The Labute approximate surface area is 111 Å². The molecule has 3 nitrogen and oxygen atoms in total.